The Morgan fingerprint density at radius 1 is 1.47 bits per heavy atom. The maximum absolute atomic E-state index is 12.2. The number of aliphatic hydroxyl groups excluding tert-OH is 1. The molecule has 1 aliphatic carbocycles. The molecule has 1 aromatic heterocycles. The van der Waals surface area contributed by atoms with Crippen LogP contribution in [-0.2, 0) is 0 Å². The number of nitrogen functional groups attached to an aromatic ring is 1. The highest BCUT2D eigenvalue weighted by molar-refractivity contribution is 7.21. The first-order valence-corrected chi connectivity index (χ1v) is 7.14. The summed E-state index contributed by atoms with van der Waals surface area (Å²) in [6.07, 6.45) is 0.998. The standard InChI is InChI=1S/C14H16N2O2S/c1-7-2-3-10-11(4-7)19-13(12(10)15)14(18)16-8-5-9(17)6-8/h2-4,8-9,17H,5-6,15H2,1H3,(H,16,18). The molecule has 2 aromatic rings. The van der Waals surface area contributed by atoms with Crippen molar-refractivity contribution in [3.8, 4) is 0 Å². The summed E-state index contributed by atoms with van der Waals surface area (Å²) < 4.78 is 1.04. The second-order valence-corrected chi connectivity index (χ2v) is 6.19. The number of hydrogen-bond acceptors (Lipinski definition) is 4. The lowest BCUT2D eigenvalue weighted by atomic mass is 9.89. The van der Waals surface area contributed by atoms with E-state index in [0.29, 0.717) is 23.4 Å². The van der Waals surface area contributed by atoms with Crippen molar-refractivity contribution in [2.45, 2.75) is 31.9 Å². The van der Waals surface area contributed by atoms with Gasteiger partial charge >= 0.3 is 0 Å². The van der Waals surface area contributed by atoms with Crippen molar-refractivity contribution >= 4 is 33.0 Å². The molecule has 100 valence electrons. The van der Waals surface area contributed by atoms with E-state index < -0.39 is 0 Å². The summed E-state index contributed by atoms with van der Waals surface area (Å²) in [5.74, 6) is -0.131. The molecule has 3 rings (SSSR count). The van der Waals surface area contributed by atoms with E-state index in [1.54, 1.807) is 0 Å². The second kappa shape index (κ2) is 4.51. The third-order valence-electron chi connectivity index (χ3n) is 3.54. The highest BCUT2D eigenvalue weighted by Crippen LogP contribution is 2.34. The van der Waals surface area contributed by atoms with Gasteiger partial charge in [0.2, 0.25) is 0 Å². The minimum absolute atomic E-state index is 0.0776. The molecule has 0 aliphatic heterocycles. The molecule has 0 unspecified atom stereocenters. The third-order valence-corrected chi connectivity index (χ3v) is 4.71. The zero-order valence-corrected chi connectivity index (χ0v) is 11.5. The zero-order chi connectivity index (χ0) is 13.6. The number of aryl methyl sites for hydroxylation is 1. The summed E-state index contributed by atoms with van der Waals surface area (Å²) in [4.78, 5) is 12.7. The van der Waals surface area contributed by atoms with E-state index in [9.17, 15) is 9.90 Å². The topological polar surface area (TPSA) is 75.4 Å². The molecule has 1 aromatic carbocycles. The van der Waals surface area contributed by atoms with E-state index in [2.05, 4.69) is 5.32 Å². The van der Waals surface area contributed by atoms with Crippen molar-refractivity contribution in [3.63, 3.8) is 0 Å². The Balaban J connectivity index is 1.87. The number of nitrogens with two attached hydrogens (primary N) is 1. The van der Waals surface area contributed by atoms with E-state index in [-0.39, 0.29) is 18.1 Å². The van der Waals surface area contributed by atoms with Crippen LogP contribution in [0.15, 0.2) is 18.2 Å². The molecule has 1 saturated carbocycles. The highest BCUT2D eigenvalue weighted by atomic mass is 32.1. The van der Waals surface area contributed by atoms with Crippen LogP contribution in [0.25, 0.3) is 10.1 Å². The first-order chi connectivity index (χ1) is 9.04. The van der Waals surface area contributed by atoms with Crippen LogP contribution in [0.1, 0.15) is 28.1 Å². The molecule has 0 bridgehead atoms. The average Bonchev–Trinajstić information content (AvgIpc) is 2.64. The Bertz CT molecular complexity index is 644. The van der Waals surface area contributed by atoms with Crippen molar-refractivity contribution in [1.29, 1.82) is 0 Å². The lowest BCUT2D eigenvalue weighted by Gasteiger charge is -2.31. The van der Waals surface area contributed by atoms with Gasteiger partial charge in [-0.15, -0.1) is 11.3 Å². The SMILES string of the molecule is Cc1ccc2c(N)c(C(=O)NC3CC(O)C3)sc2c1. The number of fused-ring (bicyclic) bond motifs is 1. The van der Waals surface area contributed by atoms with E-state index in [4.69, 9.17) is 5.73 Å². The number of rotatable bonds is 2. The van der Waals surface area contributed by atoms with Crippen molar-refractivity contribution < 1.29 is 9.90 Å². The maximum Gasteiger partial charge on any atom is 0.263 e. The lowest BCUT2D eigenvalue weighted by Crippen LogP contribution is -2.46. The van der Waals surface area contributed by atoms with Gasteiger partial charge in [0, 0.05) is 16.1 Å². The molecule has 1 heterocycles. The van der Waals surface area contributed by atoms with Crippen molar-refractivity contribution in [1.82, 2.24) is 5.32 Å². The minimum atomic E-state index is -0.271. The van der Waals surface area contributed by atoms with Gasteiger partial charge in [-0.25, -0.2) is 0 Å². The van der Waals surface area contributed by atoms with Crippen LogP contribution in [0.2, 0.25) is 0 Å². The van der Waals surface area contributed by atoms with Crippen LogP contribution in [-0.4, -0.2) is 23.2 Å². The second-order valence-electron chi connectivity index (χ2n) is 5.14. The quantitative estimate of drug-likeness (QED) is 0.785. The van der Waals surface area contributed by atoms with E-state index in [1.165, 1.54) is 11.3 Å². The summed E-state index contributed by atoms with van der Waals surface area (Å²) in [7, 11) is 0. The summed E-state index contributed by atoms with van der Waals surface area (Å²) in [5, 5.41) is 13.1. The fourth-order valence-electron chi connectivity index (χ4n) is 2.35. The van der Waals surface area contributed by atoms with Crippen LogP contribution in [0.3, 0.4) is 0 Å². The van der Waals surface area contributed by atoms with E-state index in [0.717, 1.165) is 15.6 Å². The van der Waals surface area contributed by atoms with Gasteiger partial charge in [-0.1, -0.05) is 12.1 Å². The highest BCUT2D eigenvalue weighted by Gasteiger charge is 2.29. The molecule has 4 N–H and O–H groups in total. The van der Waals surface area contributed by atoms with Gasteiger partial charge in [0.05, 0.1) is 11.8 Å². The van der Waals surface area contributed by atoms with Crippen LogP contribution >= 0.6 is 11.3 Å². The Labute approximate surface area is 115 Å². The smallest absolute Gasteiger partial charge is 0.263 e. The Kier molecular flexibility index (Phi) is 2.95. The summed E-state index contributed by atoms with van der Waals surface area (Å²) in [5.41, 5.74) is 7.76. The summed E-state index contributed by atoms with van der Waals surface area (Å²) >= 11 is 1.42. The van der Waals surface area contributed by atoms with Crippen LogP contribution in [0.4, 0.5) is 5.69 Å². The Morgan fingerprint density at radius 3 is 2.89 bits per heavy atom. The number of carbonyl (C=O) groups excluding carboxylic acids is 1. The van der Waals surface area contributed by atoms with Gasteiger partial charge in [-0.3, -0.25) is 4.79 Å². The third kappa shape index (κ3) is 2.19. The largest absolute Gasteiger partial charge is 0.397 e. The van der Waals surface area contributed by atoms with Crippen molar-refractivity contribution in [2.75, 3.05) is 5.73 Å². The Hall–Kier alpha value is -1.59. The Morgan fingerprint density at radius 2 is 2.21 bits per heavy atom. The molecule has 1 aliphatic rings. The first kappa shape index (κ1) is 12.4. The first-order valence-electron chi connectivity index (χ1n) is 6.32. The predicted molar refractivity (Wildman–Crippen MR) is 77.5 cm³/mol. The molecular formula is C14H16N2O2S. The van der Waals surface area contributed by atoms with E-state index >= 15 is 0 Å². The molecule has 4 nitrogen and oxygen atoms in total. The fourth-order valence-corrected chi connectivity index (χ4v) is 3.47. The number of anilines is 1. The molecule has 0 radical (unpaired) electrons. The van der Waals surface area contributed by atoms with Gasteiger partial charge < -0.3 is 16.2 Å². The lowest BCUT2D eigenvalue weighted by molar-refractivity contribution is 0.0565. The molecule has 5 heteroatoms. The maximum atomic E-state index is 12.2. The normalized spacial score (nSPS) is 22.2. The summed E-state index contributed by atoms with van der Waals surface area (Å²) in [6.45, 7) is 2.02. The molecule has 1 amide bonds. The number of benzene rings is 1. The average molecular weight is 276 g/mol. The molecule has 0 atom stereocenters. The zero-order valence-electron chi connectivity index (χ0n) is 10.6. The number of carbonyl (C=O) groups is 1. The van der Waals surface area contributed by atoms with Gasteiger partial charge in [0.1, 0.15) is 4.88 Å². The summed E-state index contributed by atoms with van der Waals surface area (Å²) in [6, 6.07) is 6.07. The van der Waals surface area contributed by atoms with E-state index in [1.807, 2.05) is 25.1 Å². The molecule has 0 saturated heterocycles. The van der Waals surface area contributed by atoms with Crippen LogP contribution < -0.4 is 11.1 Å². The van der Waals surface area contributed by atoms with Gasteiger partial charge in [-0.2, -0.15) is 0 Å². The molecule has 19 heavy (non-hydrogen) atoms. The van der Waals surface area contributed by atoms with Crippen LogP contribution in [0, 0.1) is 6.92 Å². The number of aliphatic hydroxyl groups is 1. The predicted octanol–water partition coefficient (Wildman–Crippen LogP) is 2.05. The van der Waals surface area contributed by atoms with Crippen LogP contribution in [0.5, 0.6) is 0 Å². The monoisotopic (exact) mass is 276 g/mol. The van der Waals surface area contributed by atoms with Gasteiger partial charge in [-0.05, 0) is 31.4 Å². The molecular weight excluding hydrogens is 260 g/mol. The minimum Gasteiger partial charge on any atom is -0.397 e. The van der Waals surface area contributed by atoms with Gasteiger partial charge in [0.25, 0.3) is 5.91 Å². The number of thiophene rings is 1. The van der Waals surface area contributed by atoms with Crippen molar-refractivity contribution in [2.24, 2.45) is 0 Å². The van der Waals surface area contributed by atoms with Crippen molar-refractivity contribution in [3.05, 3.63) is 28.6 Å². The van der Waals surface area contributed by atoms with Gasteiger partial charge in [0.15, 0.2) is 0 Å². The fraction of sp³-hybridized carbons (Fsp3) is 0.357. The molecule has 0 spiro atoms. The number of nitrogens with one attached hydrogen (secondary N) is 1. The number of amides is 1. The molecule has 1 fully saturated rings. The number of hydrogen-bond donors (Lipinski definition) is 3.